The summed E-state index contributed by atoms with van der Waals surface area (Å²) in [6.45, 7) is 3.74. The van der Waals surface area contributed by atoms with Crippen molar-refractivity contribution in [2.24, 2.45) is 0 Å². The molecule has 4 aromatic rings. The Bertz CT molecular complexity index is 1800. The van der Waals surface area contributed by atoms with Gasteiger partial charge >= 0.3 is 0 Å². The van der Waals surface area contributed by atoms with Crippen LogP contribution in [0.15, 0.2) is 114 Å². The molecule has 2 N–H and O–H groups in total. The number of carbonyl (C=O) groups is 5. The van der Waals surface area contributed by atoms with E-state index in [-0.39, 0.29) is 29.7 Å². The number of hydrogen-bond donors (Lipinski definition) is 2. The zero-order valence-electron chi connectivity index (χ0n) is 25.2. The van der Waals surface area contributed by atoms with E-state index < -0.39 is 17.1 Å². The van der Waals surface area contributed by atoms with Gasteiger partial charge in [-0.2, -0.15) is 0 Å². The van der Waals surface area contributed by atoms with Gasteiger partial charge in [-0.15, -0.1) is 11.8 Å². The molecular weight excluding hydrogens is 602 g/mol. The smallest absolute Gasteiger partial charge is 0.272 e. The first-order valence-electron chi connectivity index (χ1n) is 14.6. The summed E-state index contributed by atoms with van der Waals surface area (Å²) in [6, 6.07) is 29.0. The number of imide groups is 1. The van der Waals surface area contributed by atoms with Crippen molar-refractivity contribution in [1.82, 2.24) is 5.32 Å². The largest absolute Gasteiger partial charge is 0.493 e. The Labute approximate surface area is 270 Å². The predicted molar refractivity (Wildman–Crippen MR) is 178 cm³/mol. The van der Waals surface area contributed by atoms with Crippen LogP contribution in [-0.4, -0.2) is 41.3 Å². The summed E-state index contributed by atoms with van der Waals surface area (Å²) < 4.78 is 5.70. The maximum absolute atomic E-state index is 13.5. The number of benzene rings is 4. The predicted octanol–water partition coefficient (Wildman–Crippen LogP) is 6.12. The van der Waals surface area contributed by atoms with Crippen LogP contribution in [0.2, 0.25) is 0 Å². The van der Waals surface area contributed by atoms with E-state index in [4.69, 9.17) is 4.74 Å². The number of ketones is 1. The van der Waals surface area contributed by atoms with Gasteiger partial charge in [-0.1, -0.05) is 36.4 Å². The zero-order chi connectivity index (χ0) is 32.6. The van der Waals surface area contributed by atoms with E-state index in [1.54, 1.807) is 97.1 Å². The fourth-order valence-corrected chi connectivity index (χ4v) is 5.83. The molecule has 46 heavy (non-hydrogen) atoms. The Morgan fingerprint density at radius 2 is 1.54 bits per heavy atom. The van der Waals surface area contributed by atoms with E-state index in [1.165, 1.54) is 18.7 Å². The van der Waals surface area contributed by atoms with Crippen LogP contribution < -0.4 is 20.3 Å². The number of amides is 4. The zero-order valence-corrected chi connectivity index (χ0v) is 26.0. The summed E-state index contributed by atoms with van der Waals surface area (Å²) in [6.07, 6.45) is 1.60. The van der Waals surface area contributed by atoms with Gasteiger partial charge in [0.25, 0.3) is 11.8 Å². The highest BCUT2D eigenvalue weighted by molar-refractivity contribution is 8.00. The summed E-state index contributed by atoms with van der Waals surface area (Å²) in [7, 11) is 0. The lowest BCUT2D eigenvalue weighted by molar-refractivity contribution is -0.121. The lowest BCUT2D eigenvalue weighted by atomic mass is 10.1. The van der Waals surface area contributed by atoms with Crippen LogP contribution in [-0.2, 0) is 14.4 Å². The lowest BCUT2D eigenvalue weighted by Crippen LogP contribution is -2.31. The van der Waals surface area contributed by atoms with Crippen molar-refractivity contribution in [2.75, 3.05) is 16.8 Å². The molecule has 0 spiro atoms. The van der Waals surface area contributed by atoms with Gasteiger partial charge in [0.15, 0.2) is 5.78 Å². The molecule has 0 aromatic heterocycles. The van der Waals surface area contributed by atoms with Gasteiger partial charge in [0.2, 0.25) is 11.8 Å². The minimum absolute atomic E-state index is 0.0194. The standard InChI is InChI=1S/C36H31N3O6S/c1-3-45-31-12-8-7-11-26(31)21-30(38-34(42)25-9-5-4-6-10-25)35(43)37-27-15-19-29(20-16-27)46-32-22-33(41)39(36(32)44)28-17-13-24(14-18-28)23(2)40/h4-21,32H,3,22H2,1-2H3,(H,37,43)(H,38,42)/b30-21-. The summed E-state index contributed by atoms with van der Waals surface area (Å²) in [4.78, 5) is 65.8. The highest BCUT2D eigenvalue weighted by Crippen LogP contribution is 2.34. The molecule has 1 aliphatic rings. The van der Waals surface area contributed by atoms with Gasteiger partial charge in [-0.05, 0) is 86.7 Å². The molecule has 9 nitrogen and oxygen atoms in total. The second-order valence-electron chi connectivity index (χ2n) is 10.3. The van der Waals surface area contributed by atoms with Crippen LogP contribution in [0.5, 0.6) is 5.75 Å². The van der Waals surface area contributed by atoms with Crippen molar-refractivity contribution in [1.29, 1.82) is 0 Å². The molecule has 0 bridgehead atoms. The third-order valence-electron chi connectivity index (χ3n) is 7.08. The van der Waals surface area contributed by atoms with Gasteiger partial charge in [0.05, 0.1) is 17.5 Å². The van der Waals surface area contributed by atoms with Crippen molar-refractivity contribution in [3.63, 3.8) is 0 Å². The maximum atomic E-state index is 13.5. The molecule has 0 aliphatic carbocycles. The van der Waals surface area contributed by atoms with Gasteiger partial charge < -0.3 is 15.4 Å². The Balaban J connectivity index is 1.29. The molecule has 232 valence electrons. The summed E-state index contributed by atoms with van der Waals surface area (Å²) in [5, 5.41) is 4.93. The van der Waals surface area contributed by atoms with Crippen LogP contribution in [0.25, 0.3) is 6.08 Å². The minimum Gasteiger partial charge on any atom is -0.493 e. The van der Waals surface area contributed by atoms with Crippen molar-refractivity contribution in [3.05, 3.63) is 126 Å². The Hall–Kier alpha value is -5.48. The number of nitrogens with zero attached hydrogens (tertiary/aromatic N) is 1. The molecule has 0 saturated carbocycles. The molecule has 4 amide bonds. The maximum Gasteiger partial charge on any atom is 0.272 e. The molecule has 10 heteroatoms. The Morgan fingerprint density at radius 1 is 0.870 bits per heavy atom. The first-order chi connectivity index (χ1) is 22.2. The molecule has 1 fully saturated rings. The van der Waals surface area contributed by atoms with E-state index in [0.29, 0.717) is 40.4 Å². The van der Waals surface area contributed by atoms with E-state index in [0.717, 1.165) is 9.80 Å². The number of nitrogens with one attached hydrogen (secondary N) is 2. The van der Waals surface area contributed by atoms with Crippen molar-refractivity contribution < 1.29 is 28.7 Å². The van der Waals surface area contributed by atoms with Gasteiger partial charge in [0.1, 0.15) is 11.4 Å². The fourth-order valence-electron chi connectivity index (χ4n) is 4.78. The van der Waals surface area contributed by atoms with Gasteiger partial charge in [0, 0.05) is 33.7 Å². The molecule has 1 aliphatic heterocycles. The quantitative estimate of drug-likeness (QED) is 0.116. The van der Waals surface area contributed by atoms with Crippen molar-refractivity contribution in [2.45, 2.75) is 30.4 Å². The molecule has 0 radical (unpaired) electrons. The average molecular weight is 634 g/mol. The second kappa shape index (κ2) is 14.5. The summed E-state index contributed by atoms with van der Waals surface area (Å²) >= 11 is 1.26. The molecule has 1 atom stereocenters. The first-order valence-corrected chi connectivity index (χ1v) is 15.5. The third kappa shape index (κ3) is 7.59. The van der Waals surface area contributed by atoms with E-state index >= 15 is 0 Å². The molecule has 5 rings (SSSR count). The number of hydrogen-bond acceptors (Lipinski definition) is 7. The number of ether oxygens (including phenoxy) is 1. The molecule has 4 aromatic carbocycles. The normalized spacial score (nSPS) is 14.6. The first kappa shape index (κ1) is 31.9. The van der Waals surface area contributed by atoms with E-state index in [9.17, 15) is 24.0 Å². The third-order valence-corrected chi connectivity index (χ3v) is 8.27. The number of para-hydroxylation sites is 1. The molecular formula is C36H31N3O6S. The number of carbonyl (C=O) groups excluding carboxylic acids is 5. The van der Waals surface area contributed by atoms with E-state index in [2.05, 4.69) is 10.6 Å². The topological polar surface area (TPSA) is 122 Å². The number of thioether (sulfide) groups is 1. The molecule has 1 heterocycles. The lowest BCUT2D eigenvalue weighted by Gasteiger charge is -2.15. The highest BCUT2D eigenvalue weighted by Gasteiger charge is 2.40. The SMILES string of the molecule is CCOc1ccccc1/C=C(\NC(=O)c1ccccc1)C(=O)Nc1ccc(SC2CC(=O)N(c3ccc(C(C)=O)cc3)C2=O)cc1. The van der Waals surface area contributed by atoms with Crippen LogP contribution >= 0.6 is 11.8 Å². The average Bonchev–Trinajstić information content (AvgIpc) is 3.34. The van der Waals surface area contributed by atoms with Crippen LogP contribution in [0.1, 0.15) is 46.5 Å². The van der Waals surface area contributed by atoms with E-state index in [1.807, 2.05) is 19.1 Å². The summed E-state index contributed by atoms with van der Waals surface area (Å²) in [5.74, 6) is -1.17. The highest BCUT2D eigenvalue weighted by atomic mass is 32.2. The number of Topliss-reactive ketones (excluding diaryl/α,β-unsaturated/α-hetero) is 1. The fraction of sp³-hybridized carbons (Fsp3) is 0.139. The monoisotopic (exact) mass is 633 g/mol. The molecule has 1 saturated heterocycles. The number of anilines is 2. The van der Waals surface area contributed by atoms with Gasteiger partial charge in [-0.3, -0.25) is 24.0 Å². The van der Waals surface area contributed by atoms with Crippen LogP contribution in [0.3, 0.4) is 0 Å². The van der Waals surface area contributed by atoms with Crippen LogP contribution in [0, 0.1) is 0 Å². The van der Waals surface area contributed by atoms with Crippen molar-refractivity contribution in [3.8, 4) is 5.75 Å². The number of rotatable bonds is 11. The van der Waals surface area contributed by atoms with Gasteiger partial charge in [-0.25, -0.2) is 4.90 Å². The minimum atomic E-state index is -0.617. The summed E-state index contributed by atoms with van der Waals surface area (Å²) in [5.41, 5.74) is 2.42. The molecule has 1 unspecified atom stereocenters. The van der Waals surface area contributed by atoms with Crippen molar-refractivity contribution >= 4 is 58.6 Å². The second-order valence-corrected chi connectivity index (χ2v) is 11.6. The Morgan fingerprint density at radius 3 is 2.22 bits per heavy atom. The van der Waals surface area contributed by atoms with Crippen LogP contribution in [0.4, 0.5) is 11.4 Å². The Kier molecular flexibility index (Phi) is 10.1.